The van der Waals surface area contributed by atoms with E-state index in [1.807, 2.05) is 6.20 Å². The van der Waals surface area contributed by atoms with Gasteiger partial charge in [-0.2, -0.15) is 0 Å². The van der Waals surface area contributed by atoms with E-state index in [9.17, 15) is 4.79 Å². The highest BCUT2D eigenvalue weighted by molar-refractivity contribution is 5.84. The van der Waals surface area contributed by atoms with Crippen molar-refractivity contribution in [2.45, 2.75) is 33.1 Å². The predicted molar refractivity (Wildman–Crippen MR) is 66.7 cm³/mol. The minimum absolute atomic E-state index is 0.251. The van der Waals surface area contributed by atoms with Gasteiger partial charge in [-0.15, -0.1) is 0 Å². The van der Waals surface area contributed by atoms with Crippen LogP contribution in [0.5, 0.6) is 0 Å². The number of Topliss-reactive ketones (excluding diaryl/α,β-unsaturated/α-hetero) is 1. The van der Waals surface area contributed by atoms with Gasteiger partial charge in [0.05, 0.1) is 0 Å². The van der Waals surface area contributed by atoms with Gasteiger partial charge >= 0.3 is 0 Å². The van der Waals surface area contributed by atoms with Gasteiger partial charge in [-0.1, -0.05) is 13.0 Å². The molecule has 2 heteroatoms. The number of aromatic amines is 1. The molecule has 0 fully saturated rings. The molecule has 16 heavy (non-hydrogen) atoms. The second kappa shape index (κ2) is 4.52. The molecule has 84 valence electrons. The van der Waals surface area contributed by atoms with Crippen LogP contribution in [-0.4, -0.2) is 10.8 Å². The van der Waals surface area contributed by atoms with Crippen LogP contribution in [0.3, 0.4) is 0 Å². The van der Waals surface area contributed by atoms with Crippen molar-refractivity contribution < 1.29 is 4.79 Å². The number of hydrogen-bond donors (Lipinski definition) is 1. The summed E-state index contributed by atoms with van der Waals surface area (Å²) in [6.07, 6.45) is 4.53. The summed E-state index contributed by atoms with van der Waals surface area (Å²) in [5, 5.41) is 1.26. The van der Waals surface area contributed by atoms with Gasteiger partial charge in [0.15, 0.2) is 0 Å². The van der Waals surface area contributed by atoms with Crippen LogP contribution in [0.25, 0.3) is 10.9 Å². The largest absolute Gasteiger partial charge is 0.361 e. The molecule has 1 heterocycles. The van der Waals surface area contributed by atoms with Crippen molar-refractivity contribution in [2.24, 2.45) is 0 Å². The summed E-state index contributed by atoms with van der Waals surface area (Å²) in [4.78, 5) is 14.2. The SMILES string of the molecule is CCc1ccc2[nH]cc(CCC(C)=O)c2c1. The van der Waals surface area contributed by atoms with Crippen LogP contribution in [0.1, 0.15) is 31.4 Å². The van der Waals surface area contributed by atoms with Crippen LogP contribution in [0.15, 0.2) is 24.4 Å². The Hall–Kier alpha value is -1.57. The number of H-pyrrole nitrogens is 1. The summed E-state index contributed by atoms with van der Waals surface area (Å²) < 4.78 is 0. The molecule has 1 aromatic carbocycles. The van der Waals surface area contributed by atoms with Gasteiger partial charge < -0.3 is 9.78 Å². The number of aromatic nitrogens is 1. The van der Waals surface area contributed by atoms with Gasteiger partial charge in [0.2, 0.25) is 0 Å². The first-order valence-electron chi connectivity index (χ1n) is 5.79. The summed E-state index contributed by atoms with van der Waals surface area (Å²) in [6.45, 7) is 3.80. The van der Waals surface area contributed by atoms with Gasteiger partial charge in [0.25, 0.3) is 0 Å². The van der Waals surface area contributed by atoms with Crippen molar-refractivity contribution in [2.75, 3.05) is 0 Å². The summed E-state index contributed by atoms with van der Waals surface area (Å²) >= 11 is 0. The third-order valence-corrected chi connectivity index (χ3v) is 2.99. The first kappa shape index (κ1) is 10.9. The minimum atomic E-state index is 0.251. The van der Waals surface area contributed by atoms with Crippen LogP contribution in [0.4, 0.5) is 0 Å². The Bertz CT molecular complexity index is 510. The van der Waals surface area contributed by atoms with Crippen LogP contribution in [0.2, 0.25) is 0 Å². The number of benzene rings is 1. The van der Waals surface area contributed by atoms with Gasteiger partial charge in [-0.25, -0.2) is 0 Å². The standard InChI is InChI=1S/C14H17NO/c1-3-11-5-7-14-13(8-11)12(9-15-14)6-4-10(2)16/h5,7-9,15H,3-4,6H2,1-2H3. The number of carbonyl (C=O) groups is 1. The average molecular weight is 215 g/mol. The molecule has 0 radical (unpaired) electrons. The molecule has 0 aliphatic heterocycles. The summed E-state index contributed by atoms with van der Waals surface area (Å²) in [6, 6.07) is 6.49. The molecule has 0 unspecified atom stereocenters. The highest BCUT2D eigenvalue weighted by Gasteiger charge is 2.05. The quantitative estimate of drug-likeness (QED) is 0.834. The maximum absolute atomic E-state index is 11.0. The lowest BCUT2D eigenvalue weighted by Crippen LogP contribution is -1.93. The van der Waals surface area contributed by atoms with Crippen molar-refractivity contribution in [3.63, 3.8) is 0 Å². The molecule has 1 aromatic heterocycles. The number of ketones is 1. The molecule has 0 saturated carbocycles. The molecule has 2 nitrogen and oxygen atoms in total. The smallest absolute Gasteiger partial charge is 0.130 e. The Balaban J connectivity index is 2.34. The maximum atomic E-state index is 11.0. The van der Waals surface area contributed by atoms with Crippen molar-refractivity contribution in [1.82, 2.24) is 4.98 Å². The zero-order valence-corrected chi connectivity index (χ0v) is 9.84. The lowest BCUT2D eigenvalue weighted by Gasteiger charge is -2.00. The molecule has 0 aliphatic carbocycles. The lowest BCUT2D eigenvalue weighted by atomic mass is 10.0. The fourth-order valence-corrected chi connectivity index (χ4v) is 1.96. The van der Waals surface area contributed by atoms with E-state index in [1.54, 1.807) is 6.92 Å². The molecule has 0 atom stereocenters. The van der Waals surface area contributed by atoms with E-state index in [4.69, 9.17) is 0 Å². The van der Waals surface area contributed by atoms with Crippen LogP contribution in [0, 0.1) is 0 Å². The van der Waals surface area contributed by atoms with Gasteiger partial charge in [-0.3, -0.25) is 0 Å². The zero-order chi connectivity index (χ0) is 11.5. The van der Waals surface area contributed by atoms with E-state index in [1.165, 1.54) is 16.5 Å². The Kier molecular flexibility index (Phi) is 3.09. The van der Waals surface area contributed by atoms with Crippen LogP contribution in [-0.2, 0) is 17.6 Å². The molecule has 2 rings (SSSR count). The third-order valence-electron chi connectivity index (χ3n) is 2.99. The first-order valence-corrected chi connectivity index (χ1v) is 5.79. The topological polar surface area (TPSA) is 32.9 Å². The number of rotatable bonds is 4. The zero-order valence-electron chi connectivity index (χ0n) is 9.84. The van der Waals surface area contributed by atoms with Crippen LogP contribution < -0.4 is 0 Å². The fraction of sp³-hybridized carbons (Fsp3) is 0.357. The first-order chi connectivity index (χ1) is 7.70. The van der Waals surface area contributed by atoms with E-state index in [0.29, 0.717) is 6.42 Å². The Labute approximate surface area is 95.7 Å². The second-order valence-corrected chi connectivity index (χ2v) is 4.25. The molecule has 0 bridgehead atoms. The molecule has 0 amide bonds. The van der Waals surface area contributed by atoms with Gasteiger partial charge in [0, 0.05) is 23.5 Å². The Morgan fingerprint density at radius 3 is 2.88 bits per heavy atom. The summed E-state index contributed by atoms with van der Waals surface area (Å²) in [5.74, 6) is 0.251. The number of hydrogen-bond acceptors (Lipinski definition) is 1. The summed E-state index contributed by atoms with van der Waals surface area (Å²) in [7, 11) is 0. The molecular formula is C14H17NO. The normalized spacial score (nSPS) is 10.9. The molecule has 1 N–H and O–H groups in total. The van der Waals surface area contributed by atoms with Gasteiger partial charge in [0.1, 0.15) is 5.78 Å². The van der Waals surface area contributed by atoms with Crippen molar-refractivity contribution in [3.05, 3.63) is 35.5 Å². The fourth-order valence-electron chi connectivity index (χ4n) is 1.96. The van der Waals surface area contributed by atoms with Crippen molar-refractivity contribution >= 4 is 16.7 Å². The molecule has 0 spiro atoms. The minimum Gasteiger partial charge on any atom is -0.361 e. The van der Waals surface area contributed by atoms with E-state index in [0.717, 1.165) is 18.4 Å². The highest BCUT2D eigenvalue weighted by atomic mass is 16.1. The van der Waals surface area contributed by atoms with Crippen LogP contribution >= 0.6 is 0 Å². The second-order valence-electron chi connectivity index (χ2n) is 4.25. The number of fused-ring (bicyclic) bond motifs is 1. The van der Waals surface area contributed by atoms with E-state index >= 15 is 0 Å². The van der Waals surface area contributed by atoms with E-state index in [2.05, 4.69) is 30.1 Å². The summed E-state index contributed by atoms with van der Waals surface area (Å²) in [5.41, 5.74) is 3.76. The Morgan fingerprint density at radius 1 is 1.38 bits per heavy atom. The number of carbonyl (C=O) groups excluding carboxylic acids is 1. The predicted octanol–water partition coefficient (Wildman–Crippen LogP) is 3.25. The molecular weight excluding hydrogens is 198 g/mol. The van der Waals surface area contributed by atoms with Gasteiger partial charge in [-0.05, 0) is 43.0 Å². The lowest BCUT2D eigenvalue weighted by molar-refractivity contribution is -0.116. The van der Waals surface area contributed by atoms with E-state index in [-0.39, 0.29) is 5.78 Å². The Morgan fingerprint density at radius 2 is 2.19 bits per heavy atom. The van der Waals surface area contributed by atoms with E-state index < -0.39 is 0 Å². The number of aryl methyl sites for hydroxylation is 2. The molecule has 0 saturated heterocycles. The monoisotopic (exact) mass is 215 g/mol. The average Bonchev–Trinajstić information content (AvgIpc) is 2.68. The van der Waals surface area contributed by atoms with Crippen molar-refractivity contribution in [1.29, 1.82) is 0 Å². The molecule has 0 aliphatic rings. The maximum Gasteiger partial charge on any atom is 0.130 e. The third kappa shape index (κ3) is 2.16. The number of nitrogens with one attached hydrogen (secondary N) is 1. The van der Waals surface area contributed by atoms with Crippen molar-refractivity contribution in [3.8, 4) is 0 Å². The highest BCUT2D eigenvalue weighted by Crippen LogP contribution is 2.21. The molecule has 2 aromatic rings.